The van der Waals surface area contributed by atoms with Gasteiger partial charge in [0.1, 0.15) is 24.2 Å². The molecule has 140 valence electrons. The van der Waals surface area contributed by atoms with E-state index in [0.29, 0.717) is 23.7 Å². The first-order valence-corrected chi connectivity index (χ1v) is 8.51. The zero-order chi connectivity index (χ0) is 19.1. The van der Waals surface area contributed by atoms with Gasteiger partial charge in [0.05, 0.1) is 17.4 Å². The summed E-state index contributed by atoms with van der Waals surface area (Å²) < 4.78 is 25.8. The molecule has 3 heterocycles. The molecule has 0 unspecified atom stereocenters. The maximum atomic E-state index is 13.4. The van der Waals surface area contributed by atoms with Gasteiger partial charge in [-0.1, -0.05) is 16.4 Å². The van der Waals surface area contributed by atoms with E-state index < -0.39 is 6.04 Å². The second-order valence-electron chi connectivity index (χ2n) is 6.57. The van der Waals surface area contributed by atoms with Crippen molar-refractivity contribution in [1.29, 1.82) is 0 Å². The summed E-state index contributed by atoms with van der Waals surface area (Å²) in [4.78, 5) is 12.7. The van der Waals surface area contributed by atoms with Gasteiger partial charge in [0.25, 0.3) is 5.91 Å². The van der Waals surface area contributed by atoms with E-state index in [1.54, 1.807) is 23.7 Å². The van der Waals surface area contributed by atoms with Crippen molar-refractivity contribution in [2.75, 3.05) is 0 Å². The maximum absolute atomic E-state index is 13.4. The Morgan fingerprint density at radius 3 is 2.89 bits per heavy atom. The Morgan fingerprint density at radius 1 is 1.33 bits per heavy atom. The molecule has 9 heteroatoms. The number of nitrogens with one attached hydrogen (secondary N) is 1. The zero-order valence-electron chi connectivity index (χ0n) is 15.1. The second-order valence-corrected chi connectivity index (χ2v) is 6.57. The lowest BCUT2D eigenvalue weighted by molar-refractivity contribution is 0.0902. The third-order valence-electron chi connectivity index (χ3n) is 4.56. The van der Waals surface area contributed by atoms with Gasteiger partial charge in [-0.15, -0.1) is 5.10 Å². The second kappa shape index (κ2) is 6.49. The Labute approximate surface area is 154 Å². The summed E-state index contributed by atoms with van der Waals surface area (Å²) in [5.74, 6) is 0.314. The van der Waals surface area contributed by atoms with Crippen LogP contribution < -0.4 is 10.1 Å². The highest BCUT2D eigenvalue weighted by Gasteiger charge is 2.34. The van der Waals surface area contributed by atoms with Crippen molar-refractivity contribution in [1.82, 2.24) is 25.5 Å². The Bertz CT molecular complexity index is 1010. The molecule has 0 spiro atoms. The van der Waals surface area contributed by atoms with E-state index >= 15 is 0 Å². The smallest absolute Gasteiger partial charge is 0.274 e. The predicted octanol–water partition coefficient (Wildman–Crippen LogP) is 2.32. The lowest BCUT2D eigenvalue weighted by Gasteiger charge is -2.16. The highest BCUT2D eigenvalue weighted by Crippen LogP contribution is 2.37. The van der Waals surface area contributed by atoms with E-state index in [0.717, 1.165) is 11.3 Å². The highest BCUT2D eigenvalue weighted by atomic mass is 19.1. The lowest BCUT2D eigenvalue weighted by atomic mass is 10.0. The van der Waals surface area contributed by atoms with Crippen LogP contribution in [-0.2, 0) is 6.54 Å². The summed E-state index contributed by atoms with van der Waals surface area (Å²) in [7, 11) is 0. The normalized spacial score (nSPS) is 18.2. The van der Waals surface area contributed by atoms with Crippen molar-refractivity contribution >= 4 is 5.91 Å². The zero-order valence-corrected chi connectivity index (χ0v) is 15.1. The summed E-state index contributed by atoms with van der Waals surface area (Å²) in [6.07, 6.45) is -0.321. The molecule has 0 bridgehead atoms. The van der Waals surface area contributed by atoms with Crippen LogP contribution in [0.15, 0.2) is 28.8 Å². The van der Waals surface area contributed by atoms with Gasteiger partial charge in [-0.3, -0.25) is 4.79 Å². The van der Waals surface area contributed by atoms with Crippen LogP contribution >= 0.6 is 0 Å². The van der Waals surface area contributed by atoms with Crippen LogP contribution in [0.2, 0.25) is 0 Å². The van der Waals surface area contributed by atoms with Gasteiger partial charge < -0.3 is 14.6 Å². The molecule has 0 fully saturated rings. The van der Waals surface area contributed by atoms with Crippen molar-refractivity contribution in [3.63, 3.8) is 0 Å². The summed E-state index contributed by atoms with van der Waals surface area (Å²) >= 11 is 0. The molecule has 1 aliphatic heterocycles. The first-order valence-electron chi connectivity index (χ1n) is 8.51. The Balaban J connectivity index is 1.52. The van der Waals surface area contributed by atoms with E-state index in [9.17, 15) is 9.18 Å². The van der Waals surface area contributed by atoms with Crippen LogP contribution in [0.4, 0.5) is 4.39 Å². The van der Waals surface area contributed by atoms with E-state index in [-0.39, 0.29) is 23.5 Å². The van der Waals surface area contributed by atoms with Gasteiger partial charge in [0.2, 0.25) is 0 Å². The summed E-state index contributed by atoms with van der Waals surface area (Å²) in [5, 5.41) is 14.8. The molecule has 8 nitrogen and oxygen atoms in total. The Hall–Kier alpha value is -3.23. The third-order valence-corrected chi connectivity index (χ3v) is 4.56. The largest absolute Gasteiger partial charge is 0.488 e. The van der Waals surface area contributed by atoms with Crippen LogP contribution in [0, 0.1) is 19.7 Å². The van der Waals surface area contributed by atoms with Crippen molar-refractivity contribution < 1.29 is 18.4 Å². The quantitative estimate of drug-likeness (QED) is 0.756. The fraction of sp³-hybridized carbons (Fsp3) is 0.333. The van der Waals surface area contributed by atoms with Crippen LogP contribution in [0.5, 0.6) is 5.75 Å². The highest BCUT2D eigenvalue weighted by molar-refractivity contribution is 5.93. The number of carbonyl (C=O) groups excluding carboxylic acids is 1. The van der Waals surface area contributed by atoms with E-state index in [4.69, 9.17) is 9.26 Å². The number of ether oxygens (including phenoxy) is 1. The number of benzene rings is 1. The molecule has 0 saturated heterocycles. The molecule has 1 amide bonds. The Kier molecular flexibility index (Phi) is 4.14. The lowest BCUT2D eigenvalue weighted by Crippen LogP contribution is -2.34. The van der Waals surface area contributed by atoms with Gasteiger partial charge in [-0.25, -0.2) is 9.07 Å². The molecule has 3 aromatic rings. The first kappa shape index (κ1) is 17.2. The molecule has 0 radical (unpaired) electrons. The predicted molar refractivity (Wildman–Crippen MR) is 91.8 cm³/mol. The number of fused-ring (bicyclic) bond motifs is 1. The number of amides is 1. The molecule has 1 N–H and O–H groups in total. The number of aromatic nitrogens is 4. The number of nitrogens with zero attached hydrogens (tertiary/aromatic N) is 4. The van der Waals surface area contributed by atoms with Gasteiger partial charge >= 0.3 is 0 Å². The van der Waals surface area contributed by atoms with Crippen molar-refractivity contribution in [3.05, 3.63) is 58.5 Å². The van der Waals surface area contributed by atoms with Crippen LogP contribution in [-0.4, -0.2) is 32.2 Å². The molecule has 2 atom stereocenters. The number of carbonyl (C=O) groups is 1. The summed E-state index contributed by atoms with van der Waals surface area (Å²) in [6.45, 7) is 5.74. The average Bonchev–Trinajstić information content (AvgIpc) is 3.27. The minimum absolute atomic E-state index is 0.217. The SMILES string of the molecule is Cc1cc(Cn2nnc(C(=O)N[C@H]3c4ccc(F)cc4O[C@@H]3C)c2C)on1. The van der Waals surface area contributed by atoms with Crippen molar-refractivity contribution in [3.8, 4) is 5.75 Å². The molecule has 0 aliphatic carbocycles. The number of rotatable bonds is 4. The number of aryl methyl sites for hydroxylation is 1. The number of hydrogen-bond donors (Lipinski definition) is 1. The first-order chi connectivity index (χ1) is 12.9. The topological polar surface area (TPSA) is 95.1 Å². The van der Waals surface area contributed by atoms with Gasteiger partial charge in [-0.05, 0) is 26.8 Å². The fourth-order valence-corrected chi connectivity index (χ4v) is 3.15. The third kappa shape index (κ3) is 3.16. The summed E-state index contributed by atoms with van der Waals surface area (Å²) in [6, 6.07) is 5.69. The average molecular weight is 371 g/mol. The standard InChI is InChI=1S/C18H18FN5O3/c1-9-6-13(27-22-9)8-24-10(2)16(21-23-24)18(25)20-17-11(3)26-15-7-12(19)4-5-14(15)17/h4-7,11,17H,8H2,1-3H3,(H,20,25)/t11-,17-/m1/s1. The van der Waals surface area contributed by atoms with E-state index in [1.807, 2.05) is 13.8 Å². The van der Waals surface area contributed by atoms with E-state index in [2.05, 4.69) is 20.8 Å². The van der Waals surface area contributed by atoms with Crippen LogP contribution in [0.3, 0.4) is 0 Å². The molecule has 0 saturated carbocycles. The molecular formula is C18H18FN5O3. The summed E-state index contributed by atoms with van der Waals surface area (Å²) in [5.41, 5.74) is 2.33. The molecule has 2 aromatic heterocycles. The molecule has 1 aromatic carbocycles. The van der Waals surface area contributed by atoms with Crippen molar-refractivity contribution in [2.45, 2.75) is 39.5 Å². The van der Waals surface area contributed by atoms with Crippen molar-refractivity contribution in [2.24, 2.45) is 0 Å². The molecule has 27 heavy (non-hydrogen) atoms. The Morgan fingerprint density at radius 2 is 2.15 bits per heavy atom. The van der Waals surface area contributed by atoms with Gasteiger partial charge in [0.15, 0.2) is 11.5 Å². The molecule has 4 rings (SSSR count). The minimum atomic E-state index is -0.394. The van der Waals surface area contributed by atoms with Crippen LogP contribution in [0.1, 0.15) is 46.2 Å². The maximum Gasteiger partial charge on any atom is 0.274 e. The number of hydrogen-bond acceptors (Lipinski definition) is 6. The number of halogens is 1. The van der Waals surface area contributed by atoms with Crippen LogP contribution in [0.25, 0.3) is 0 Å². The minimum Gasteiger partial charge on any atom is -0.488 e. The van der Waals surface area contributed by atoms with E-state index in [1.165, 1.54) is 12.1 Å². The fourth-order valence-electron chi connectivity index (χ4n) is 3.15. The van der Waals surface area contributed by atoms with Gasteiger partial charge in [0, 0.05) is 17.7 Å². The molecular weight excluding hydrogens is 353 g/mol. The molecule has 1 aliphatic rings. The van der Waals surface area contributed by atoms with Gasteiger partial charge in [-0.2, -0.15) is 0 Å². The monoisotopic (exact) mass is 371 g/mol.